The molecule has 2 aromatic carbocycles. The summed E-state index contributed by atoms with van der Waals surface area (Å²) in [5.74, 6) is -0.630. The molecule has 0 aliphatic carbocycles. The van der Waals surface area contributed by atoms with Crippen molar-refractivity contribution in [2.24, 2.45) is 0 Å². The van der Waals surface area contributed by atoms with Crippen molar-refractivity contribution in [1.82, 2.24) is 19.6 Å². The molecular weight excluding hydrogens is 498 g/mol. The van der Waals surface area contributed by atoms with Crippen LogP contribution in [0.1, 0.15) is 43.2 Å². The predicted molar refractivity (Wildman–Crippen MR) is 132 cm³/mol. The van der Waals surface area contributed by atoms with E-state index in [1.54, 1.807) is 35.3 Å². The van der Waals surface area contributed by atoms with Crippen molar-refractivity contribution in [2.75, 3.05) is 12.4 Å². The summed E-state index contributed by atoms with van der Waals surface area (Å²) in [6, 6.07) is 14.7. The number of aryl methyl sites for hydroxylation is 1. The van der Waals surface area contributed by atoms with E-state index in [-0.39, 0.29) is 5.91 Å². The number of nitrogens with one attached hydrogen (secondary N) is 1. The average molecular weight is 522 g/mol. The van der Waals surface area contributed by atoms with Crippen molar-refractivity contribution in [3.8, 4) is 0 Å². The summed E-state index contributed by atoms with van der Waals surface area (Å²) in [6.45, 7) is 4.89. The van der Waals surface area contributed by atoms with Crippen molar-refractivity contribution >= 4 is 33.5 Å². The molecule has 1 amide bonds. The van der Waals surface area contributed by atoms with Gasteiger partial charge in [0.25, 0.3) is 5.91 Å². The number of carbonyl (C=O) groups excluding carboxylic acids is 2. The number of ether oxygens (including phenoxy) is 1. The lowest BCUT2D eigenvalue weighted by molar-refractivity contribution is 0.0599. The van der Waals surface area contributed by atoms with E-state index in [1.165, 1.54) is 7.11 Å². The SMILES string of the molecule is COC(=O)c1ccccc1Cn1cc(NC(=O)c2cccc(Cn3nc(C)c(Br)c3C)c2)cn1. The molecule has 0 fully saturated rings. The zero-order valence-electron chi connectivity index (χ0n) is 19.1. The lowest BCUT2D eigenvalue weighted by Gasteiger charge is -2.08. The van der Waals surface area contributed by atoms with Gasteiger partial charge in [-0.2, -0.15) is 10.2 Å². The summed E-state index contributed by atoms with van der Waals surface area (Å²) < 4.78 is 9.41. The fraction of sp³-hybridized carbons (Fsp3) is 0.200. The Bertz CT molecular complexity index is 1360. The second kappa shape index (κ2) is 10.0. The summed E-state index contributed by atoms with van der Waals surface area (Å²) in [4.78, 5) is 24.8. The van der Waals surface area contributed by atoms with Crippen LogP contribution in [0.4, 0.5) is 5.69 Å². The molecule has 0 atom stereocenters. The maximum Gasteiger partial charge on any atom is 0.338 e. The summed E-state index contributed by atoms with van der Waals surface area (Å²) in [6.07, 6.45) is 3.30. The normalized spacial score (nSPS) is 10.8. The van der Waals surface area contributed by atoms with E-state index in [2.05, 4.69) is 31.4 Å². The van der Waals surface area contributed by atoms with Crippen molar-refractivity contribution in [3.63, 3.8) is 0 Å². The highest BCUT2D eigenvalue weighted by Crippen LogP contribution is 2.21. The molecule has 0 radical (unpaired) electrons. The second-order valence-corrected chi connectivity index (χ2v) is 8.67. The van der Waals surface area contributed by atoms with Gasteiger partial charge >= 0.3 is 5.97 Å². The minimum Gasteiger partial charge on any atom is -0.465 e. The highest BCUT2D eigenvalue weighted by molar-refractivity contribution is 9.10. The highest BCUT2D eigenvalue weighted by atomic mass is 79.9. The molecule has 0 bridgehead atoms. The molecule has 1 N–H and O–H groups in total. The van der Waals surface area contributed by atoms with Crippen LogP contribution in [0.5, 0.6) is 0 Å². The fourth-order valence-electron chi connectivity index (χ4n) is 3.67. The van der Waals surface area contributed by atoms with Crippen molar-refractivity contribution in [3.05, 3.63) is 99.0 Å². The van der Waals surface area contributed by atoms with Crippen LogP contribution in [-0.4, -0.2) is 38.5 Å². The zero-order valence-corrected chi connectivity index (χ0v) is 20.7. The van der Waals surface area contributed by atoms with Gasteiger partial charge in [0.2, 0.25) is 0 Å². The van der Waals surface area contributed by atoms with Crippen LogP contribution < -0.4 is 5.32 Å². The number of rotatable bonds is 7. The van der Waals surface area contributed by atoms with Gasteiger partial charge in [-0.25, -0.2) is 4.79 Å². The maximum absolute atomic E-state index is 12.9. The number of hydrogen-bond donors (Lipinski definition) is 1. The van der Waals surface area contributed by atoms with E-state index >= 15 is 0 Å². The topological polar surface area (TPSA) is 91.0 Å². The summed E-state index contributed by atoms with van der Waals surface area (Å²) in [5.41, 5.74) is 5.30. The van der Waals surface area contributed by atoms with Gasteiger partial charge in [-0.15, -0.1) is 0 Å². The van der Waals surface area contributed by atoms with Gasteiger partial charge in [0.05, 0.1) is 53.5 Å². The zero-order chi connectivity index (χ0) is 24.2. The van der Waals surface area contributed by atoms with E-state index in [1.807, 2.05) is 48.9 Å². The number of esters is 1. The first-order valence-electron chi connectivity index (χ1n) is 10.6. The van der Waals surface area contributed by atoms with Crippen molar-refractivity contribution < 1.29 is 14.3 Å². The first-order valence-corrected chi connectivity index (χ1v) is 11.4. The Labute approximate surface area is 205 Å². The standard InChI is InChI=1S/C25H24BrN5O3/c1-16-23(26)17(2)31(29-16)13-18-7-6-9-19(11-18)24(32)28-21-12-27-30(15-21)14-20-8-4-5-10-22(20)25(33)34-3/h4-12,15H,13-14H2,1-3H3,(H,28,32). The molecule has 8 nitrogen and oxygen atoms in total. The van der Waals surface area contributed by atoms with Crippen LogP contribution in [0.2, 0.25) is 0 Å². The Morgan fingerprint density at radius 1 is 1.09 bits per heavy atom. The molecule has 34 heavy (non-hydrogen) atoms. The van der Waals surface area contributed by atoms with Gasteiger partial charge in [0.15, 0.2) is 0 Å². The van der Waals surface area contributed by atoms with Crippen LogP contribution in [-0.2, 0) is 17.8 Å². The van der Waals surface area contributed by atoms with Gasteiger partial charge in [-0.3, -0.25) is 14.2 Å². The molecule has 0 unspecified atom stereocenters. The predicted octanol–water partition coefficient (Wildman–Crippen LogP) is 4.59. The third-order valence-electron chi connectivity index (χ3n) is 5.46. The molecule has 0 aliphatic heterocycles. The monoisotopic (exact) mass is 521 g/mol. The molecule has 0 spiro atoms. The molecule has 4 rings (SSSR count). The Morgan fingerprint density at radius 2 is 1.88 bits per heavy atom. The largest absolute Gasteiger partial charge is 0.465 e. The highest BCUT2D eigenvalue weighted by Gasteiger charge is 2.14. The third kappa shape index (κ3) is 5.09. The van der Waals surface area contributed by atoms with Gasteiger partial charge < -0.3 is 10.1 Å². The number of hydrogen-bond acceptors (Lipinski definition) is 5. The van der Waals surface area contributed by atoms with E-state index < -0.39 is 5.97 Å². The maximum atomic E-state index is 12.9. The van der Waals surface area contributed by atoms with E-state index in [9.17, 15) is 9.59 Å². The molecule has 0 saturated heterocycles. The molecule has 4 aromatic rings. The fourth-order valence-corrected chi connectivity index (χ4v) is 3.96. The number of methoxy groups -OCH3 is 1. The van der Waals surface area contributed by atoms with Crippen LogP contribution in [0, 0.1) is 13.8 Å². The quantitative estimate of drug-likeness (QED) is 0.359. The number of carbonyl (C=O) groups is 2. The molecule has 2 heterocycles. The number of halogens is 1. The lowest BCUT2D eigenvalue weighted by Crippen LogP contribution is -2.12. The first-order chi connectivity index (χ1) is 16.4. The summed E-state index contributed by atoms with van der Waals surface area (Å²) in [7, 11) is 1.35. The molecule has 9 heteroatoms. The number of amides is 1. The van der Waals surface area contributed by atoms with E-state index in [0.717, 1.165) is 27.0 Å². The van der Waals surface area contributed by atoms with E-state index in [0.29, 0.717) is 29.9 Å². The Balaban J connectivity index is 1.45. The van der Waals surface area contributed by atoms with Crippen molar-refractivity contribution in [1.29, 1.82) is 0 Å². The van der Waals surface area contributed by atoms with Crippen LogP contribution in [0.15, 0.2) is 65.4 Å². The van der Waals surface area contributed by atoms with Crippen molar-refractivity contribution in [2.45, 2.75) is 26.9 Å². The van der Waals surface area contributed by atoms with Crippen LogP contribution >= 0.6 is 15.9 Å². The Hall–Kier alpha value is -3.72. The summed E-state index contributed by atoms with van der Waals surface area (Å²) >= 11 is 3.55. The van der Waals surface area contributed by atoms with Gasteiger partial charge in [-0.05, 0) is 59.1 Å². The molecule has 0 aliphatic rings. The third-order valence-corrected chi connectivity index (χ3v) is 6.61. The lowest BCUT2D eigenvalue weighted by atomic mass is 10.1. The number of nitrogens with zero attached hydrogens (tertiary/aromatic N) is 4. The van der Waals surface area contributed by atoms with Gasteiger partial charge in [0.1, 0.15) is 0 Å². The summed E-state index contributed by atoms with van der Waals surface area (Å²) in [5, 5.41) is 11.7. The Kier molecular flexibility index (Phi) is 6.93. The molecule has 0 saturated carbocycles. The molecular formula is C25H24BrN5O3. The minimum absolute atomic E-state index is 0.231. The van der Waals surface area contributed by atoms with Gasteiger partial charge in [-0.1, -0.05) is 30.3 Å². The van der Waals surface area contributed by atoms with Crippen LogP contribution in [0.25, 0.3) is 0 Å². The van der Waals surface area contributed by atoms with Gasteiger partial charge in [0, 0.05) is 11.8 Å². The Morgan fingerprint density at radius 3 is 2.62 bits per heavy atom. The first kappa shape index (κ1) is 23.4. The minimum atomic E-state index is -0.399. The van der Waals surface area contributed by atoms with Crippen LogP contribution in [0.3, 0.4) is 0 Å². The second-order valence-electron chi connectivity index (χ2n) is 7.87. The molecule has 174 valence electrons. The number of benzene rings is 2. The number of anilines is 1. The average Bonchev–Trinajstić information content (AvgIpc) is 3.38. The van der Waals surface area contributed by atoms with E-state index in [4.69, 9.17) is 4.74 Å². The smallest absolute Gasteiger partial charge is 0.338 e. The molecule has 2 aromatic heterocycles. The number of aromatic nitrogens is 4.